The zero-order valence-electron chi connectivity index (χ0n) is 11.9. The summed E-state index contributed by atoms with van der Waals surface area (Å²) >= 11 is 0. The van der Waals surface area contributed by atoms with Crippen LogP contribution in [0.5, 0.6) is 0 Å². The van der Waals surface area contributed by atoms with Crippen LogP contribution in [0.1, 0.15) is 32.3 Å². The molecule has 0 saturated heterocycles. The summed E-state index contributed by atoms with van der Waals surface area (Å²) < 4.78 is 2.33. The molecule has 3 heteroatoms. The van der Waals surface area contributed by atoms with Crippen molar-refractivity contribution >= 4 is 10.9 Å². The number of aliphatic hydroxyl groups excluding tert-OH is 1. The number of rotatable bonds is 7. The Balaban J connectivity index is 2.22. The molecule has 3 nitrogen and oxygen atoms in total. The topological polar surface area (TPSA) is 37.2 Å². The standard InChI is InChI=1S/C16H24N2O/c1-3-9-18-11-13(10-17-14(4-2)12-19)15-7-5-6-8-16(15)18/h5-8,11,14,17,19H,3-4,9-10,12H2,1-2H3. The van der Waals surface area contributed by atoms with Crippen molar-refractivity contribution in [2.24, 2.45) is 0 Å². The molecule has 2 aromatic rings. The highest BCUT2D eigenvalue weighted by molar-refractivity contribution is 5.83. The SMILES string of the molecule is CCCn1cc(CNC(CC)CO)c2ccccc21. The van der Waals surface area contributed by atoms with Crippen LogP contribution in [-0.4, -0.2) is 22.3 Å². The fraction of sp³-hybridized carbons (Fsp3) is 0.500. The summed E-state index contributed by atoms with van der Waals surface area (Å²) in [6, 6.07) is 8.73. The molecule has 0 spiro atoms. The number of fused-ring (bicyclic) bond motifs is 1. The van der Waals surface area contributed by atoms with Crippen molar-refractivity contribution in [2.45, 2.75) is 45.8 Å². The zero-order valence-corrected chi connectivity index (χ0v) is 11.9. The van der Waals surface area contributed by atoms with Gasteiger partial charge in [-0.15, -0.1) is 0 Å². The van der Waals surface area contributed by atoms with Crippen molar-refractivity contribution in [1.29, 1.82) is 0 Å². The Morgan fingerprint density at radius 3 is 2.74 bits per heavy atom. The summed E-state index contributed by atoms with van der Waals surface area (Å²) in [6.45, 7) is 6.36. The van der Waals surface area contributed by atoms with Crippen LogP contribution < -0.4 is 5.32 Å². The molecule has 0 saturated carbocycles. The van der Waals surface area contributed by atoms with E-state index in [2.05, 4.69) is 54.2 Å². The lowest BCUT2D eigenvalue weighted by molar-refractivity contribution is 0.238. The molecule has 0 aliphatic carbocycles. The predicted molar refractivity (Wildman–Crippen MR) is 80.2 cm³/mol. The highest BCUT2D eigenvalue weighted by atomic mass is 16.3. The van der Waals surface area contributed by atoms with Crippen molar-refractivity contribution in [3.8, 4) is 0 Å². The maximum atomic E-state index is 9.24. The molecule has 2 rings (SSSR count). The van der Waals surface area contributed by atoms with Gasteiger partial charge in [0, 0.05) is 36.2 Å². The Labute approximate surface area is 115 Å². The second-order valence-corrected chi connectivity index (χ2v) is 5.03. The molecule has 0 aliphatic heterocycles. The van der Waals surface area contributed by atoms with E-state index in [0.717, 1.165) is 25.9 Å². The molecule has 1 aromatic carbocycles. The van der Waals surface area contributed by atoms with Crippen LogP contribution in [0, 0.1) is 0 Å². The molecule has 0 bridgehead atoms. The van der Waals surface area contributed by atoms with Gasteiger partial charge >= 0.3 is 0 Å². The van der Waals surface area contributed by atoms with Crippen LogP contribution >= 0.6 is 0 Å². The fourth-order valence-corrected chi connectivity index (χ4v) is 2.48. The lowest BCUT2D eigenvalue weighted by atomic mass is 10.1. The van der Waals surface area contributed by atoms with Crippen molar-refractivity contribution in [1.82, 2.24) is 9.88 Å². The van der Waals surface area contributed by atoms with E-state index in [0.29, 0.717) is 0 Å². The first-order valence-corrected chi connectivity index (χ1v) is 7.21. The van der Waals surface area contributed by atoms with Crippen LogP contribution in [0.3, 0.4) is 0 Å². The van der Waals surface area contributed by atoms with Crippen molar-refractivity contribution in [2.75, 3.05) is 6.61 Å². The number of benzene rings is 1. The Bertz CT molecular complexity index is 514. The first-order valence-electron chi connectivity index (χ1n) is 7.21. The van der Waals surface area contributed by atoms with E-state index in [4.69, 9.17) is 0 Å². The van der Waals surface area contributed by atoms with Crippen LogP contribution in [0.4, 0.5) is 0 Å². The van der Waals surface area contributed by atoms with Gasteiger partial charge < -0.3 is 15.0 Å². The quantitative estimate of drug-likeness (QED) is 0.803. The van der Waals surface area contributed by atoms with Gasteiger partial charge in [0.2, 0.25) is 0 Å². The van der Waals surface area contributed by atoms with Gasteiger partial charge in [-0.05, 0) is 24.5 Å². The van der Waals surface area contributed by atoms with E-state index >= 15 is 0 Å². The fourth-order valence-electron chi connectivity index (χ4n) is 2.48. The largest absolute Gasteiger partial charge is 0.395 e. The van der Waals surface area contributed by atoms with E-state index < -0.39 is 0 Å². The third-order valence-corrected chi connectivity index (χ3v) is 3.63. The number of hydrogen-bond acceptors (Lipinski definition) is 2. The monoisotopic (exact) mass is 260 g/mol. The van der Waals surface area contributed by atoms with E-state index in [9.17, 15) is 5.11 Å². The number of para-hydroxylation sites is 1. The second-order valence-electron chi connectivity index (χ2n) is 5.03. The number of hydrogen-bond donors (Lipinski definition) is 2. The minimum absolute atomic E-state index is 0.188. The highest BCUT2D eigenvalue weighted by Crippen LogP contribution is 2.21. The van der Waals surface area contributed by atoms with E-state index in [1.165, 1.54) is 16.5 Å². The first-order chi connectivity index (χ1) is 9.30. The molecule has 0 aliphatic rings. The molecule has 1 heterocycles. The average Bonchev–Trinajstić information content (AvgIpc) is 2.79. The molecule has 19 heavy (non-hydrogen) atoms. The second kappa shape index (κ2) is 6.73. The number of nitrogens with one attached hydrogen (secondary N) is 1. The summed E-state index contributed by atoms with van der Waals surface area (Å²) in [4.78, 5) is 0. The van der Waals surface area contributed by atoms with Gasteiger partial charge in [-0.3, -0.25) is 0 Å². The molecule has 1 unspecified atom stereocenters. The first kappa shape index (κ1) is 14.1. The average molecular weight is 260 g/mol. The van der Waals surface area contributed by atoms with Gasteiger partial charge in [0.05, 0.1) is 6.61 Å². The van der Waals surface area contributed by atoms with E-state index in [1.54, 1.807) is 0 Å². The summed E-state index contributed by atoms with van der Waals surface area (Å²) in [7, 11) is 0. The van der Waals surface area contributed by atoms with Crippen molar-refractivity contribution < 1.29 is 5.11 Å². The van der Waals surface area contributed by atoms with Crippen molar-refractivity contribution in [3.63, 3.8) is 0 Å². The van der Waals surface area contributed by atoms with Gasteiger partial charge in [-0.2, -0.15) is 0 Å². The number of aliphatic hydroxyl groups is 1. The Morgan fingerprint density at radius 1 is 1.26 bits per heavy atom. The Morgan fingerprint density at radius 2 is 2.05 bits per heavy atom. The van der Waals surface area contributed by atoms with Crippen LogP contribution in [0.25, 0.3) is 10.9 Å². The molecule has 1 atom stereocenters. The molecule has 0 amide bonds. The lowest BCUT2D eigenvalue weighted by Gasteiger charge is -2.13. The van der Waals surface area contributed by atoms with Gasteiger partial charge in [-0.1, -0.05) is 32.0 Å². The normalized spacial score (nSPS) is 13.0. The molecule has 0 fully saturated rings. The van der Waals surface area contributed by atoms with Crippen LogP contribution in [-0.2, 0) is 13.1 Å². The Kier molecular flexibility index (Phi) is 5.00. The summed E-state index contributed by atoms with van der Waals surface area (Å²) in [5.74, 6) is 0. The number of nitrogens with zero attached hydrogens (tertiary/aromatic N) is 1. The molecule has 1 aromatic heterocycles. The highest BCUT2D eigenvalue weighted by Gasteiger charge is 2.09. The number of aryl methyl sites for hydroxylation is 1. The molecular formula is C16H24N2O. The Hall–Kier alpha value is -1.32. The molecule has 104 valence electrons. The predicted octanol–water partition coefficient (Wildman–Crippen LogP) is 2.91. The smallest absolute Gasteiger partial charge is 0.0584 e. The maximum Gasteiger partial charge on any atom is 0.0584 e. The van der Waals surface area contributed by atoms with Gasteiger partial charge in [0.15, 0.2) is 0 Å². The van der Waals surface area contributed by atoms with E-state index in [-0.39, 0.29) is 12.6 Å². The molecule has 0 radical (unpaired) electrons. The third kappa shape index (κ3) is 3.17. The van der Waals surface area contributed by atoms with Gasteiger partial charge in [0.1, 0.15) is 0 Å². The molecular weight excluding hydrogens is 236 g/mol. The third-order valence-electron chi connectivity index (χ3n) is 3.63. The summed E-state index contributed by atoms with van der Waals surface area (Å²) in [5, 5.41) is 14.0. The summed E-state index contributed by atoms with van der Waals surface area (Å²) in [5.41, 5.74) is 2.62. The van der Waals surface area contributed by atoms with Crippen molar-refractivity contribution in [3.05, 3.63) is 36.0 Å². The minimum atomic E-state index is 0.188. The minimum Gasteiger partial charge on any atom is -0.395 e. The summed E-state index contributed by atoms with van der Waals surface area (Å²) in [6.07, 6.45) is 4.33. The van der Waals surface area contributed by atoms with E-state index in [1.807, 2.05) is 0 Å². The zero-order chi connectivity index (χ0) is 13.7. The maximum absolute atomic E-state index is 9.24. The van der Waals surface area contributed by atoms with Crippen LogP contribution in [0.15, 0.2) is 30.5 Å². The van der Waals surface area contributed by atoms with Gasteiger partial charge in [0.25, 0.3) is 0 Å². The van der Waals surface area contributed by atoms with Crippen LogP contribution in [0.2, 0.25) is 0 Å². The van der Waals surface area contributed by atoms with Gasteiger partial charge in [-0.25, -0.2) is 0 Å². The molecule has 2 N–H and O–H groups in total. The lowest BCUT2D eigenvalue weighted by Crippen LogP contribution is -2.31. The number of aromatic nitrogens is 1.